The van der Waals surface area contributed by atoms with Crippen LogP contribution in [-0.4, -0.2) is 23.4 Å². The van der Waals surface area contributed by atoms with E-state index < -0.39 is 0 Å². The number of nitrogen functional groups attached to an aromatic ring is 1. The maximum Gasteiger partial charge on any atom is 0.181 e. The van der Waals surface area contributed by atoms with Crippen molar-refractivity contribution in [2.45, 2.75) is 17.2 Å². The minimum atomic E-state index is 0.0580. The average Bonchev–Trinajstić information content (AvgIpc) is 2.74. The number of nitrogens with zero attached hydrogens (tertiary/aromatic N) is 1. The largest absolute Gasteiger partial charge is 0.486 e. The zero-order valence-corrected chi connectivity index (χ0v) is 12.1. The Labute approximate surface area is 119 Å². The van der Waals surface area contributed by atoms with Gasteiger partial charge in [-0.2, -0.15) is 0 Å². The molecule has 1 unspecified atom stereocenters. The van der Waals surface area contributed by atoms with Crippen LogP contribution in [0.3, 0.4) is 0 Å². The van der Waals surface area contributed by atoms with Crippen molar-refractivity contribution in [3.8, 4) is 11.5 Å². The van der Waals surface area contributed by atoms with Crippen molar-refractivity contribution in [3.05, 3.63) is 30.0 Å². The number of fused-ring (bicyclic) bond motifs is 1. The zero-order chi connectivity index (χ0) is 13.2. The Bertz CT molecular complexity index is 586. The standard InChI is InChI=1S/C13H14N2O2S2/c1-8-12(19-13(14)15-8)18-7-9-6-16-10-4-2-3-5-11(10)17-9/h2-5,9H,6-7H2,1H3,(H2,14,15). The lowest BCUT2D eigenvalue weighted by Crippen LogP contribution is -2.31. The van der Waals surface area contributed by atoms with E-state index in [0.717, 1.165) is 27.2 Å². The molecule has 0 aliphatic carbocycles. The molecular weight excluding hydrogens is 280 g/mol. The summed E-state index contributed by atoms with van der Waals surface area (Å²) in [4.78, 5) is 4.21. The fourth-order valence-corrected chi connectivity index (χ4v) is 3.87. The predicted molar refractivity (Wildman–Crippen MR) is 78.3 cm³/mol. The molecule has 6 heteroatoms. The molecule has 2 N–H and O–H groups in total. The molecule has 0 radical (unpaired) electrons. The van der Waals surface area contributed by atoms with Crippen LogP contribution in [0.4, 0.5) is 5.13 Å². The molecule has 3 rings (SSSR count). The van der Waals surface area contributed by atoms with Crippen LogP contribution in [-0.2, 0) is 0 Å². The molecule has 4 nitrogen and oxygen atoms in total. The van der Waals surface area contributed by atoms with E-state index in [9.17, 15) is 0 Å². The Morgan fingerprint density at radius 2 is 2.21 bits per heavy atom. The summed E-state index contributed by atoms with van der Waals surface area (Å²) in [5, 5.41) is 0.617. The second-order valence-corrected chi connectivity index (χ2v) is 6.55. The minimum Gasteiger partial charge on any atom is -0.486 e. The lowest BCUT2D eigenvalue weighted by Gasteiger charge is -2.26. The number of para-hydroxylation sites is 2. The maximum absolute atomic E-state index is 5.91. The number of nitrogens with two attached hydrogens (primary N) is 1. The number of rotatable bonds is 3. The fraction of sp³-hybridized carbons (Fsp3) is 0.308. The number of aryl methyl sites for hydroxylation is 1. The first-order valence-corrected chi connectivity index (χ1v) is 7.77. The number of ether oxygens (including phenoxy) is 2. The van der Waals surface area contributed by atoms with Crippen molar-refractivity contribution in [3.63, 3.8) is 0 Å². The monoisotopic (exact) mass is 294 g/mol. The van der Waals surface area contributed by atoms with Gasteiger partial charge in [0.1, 0.15) is 12.7 Å². The van der Waals surface area contributed by atoms with E-state index in [0.29, 0.717) is 11.7 Å². The zero-order valence-electron chi connectivity index (χ0n) is 10.5. The van der Waals surface area contributed by atoms with Crippen LogP contribution in [0.2, 0.25) is 0 Å². The minimum absolute atomic E-state index is 0.0580. The van der Waals surface area contributed by atoms with Crippen LogP contribution >= 0.6 is 23.1 Å². The highest BCUT2D eigenvalue weighted by molar-refractivity contribution is 8.01. The molecular formula is C13H14N2O2S2. The highest BCUT2D eigenvalue weighted by atomic mass is 32.2. The highest BCUT2D eigenvalue weighted by Crippen LogP contribution is 2.35. The summed E-state index contributed by atoms with van der Waals surface area (Å²) < 4.78 is 12.7. The molecule has 19 heavy (non-hydrogen) atoms. The second kappa shape index (κ2) is 5.30. The summed E-state index contributed by atoms with van der Waals surface area (Å²) in [5.41, 5.74) is 6.68. The van der Waals surface area contributed by atoms with Crippen LogP contribution in [0.5, 0.6) is 11.5 Å². The first kappa shape index (κ1) is 12.6. The first-order valence-electron chi connectivity index (χ1n) is 5.96. The predicted octanol–water partition coefficient (Wildman–Crippen LogP) is 2.97. The highest BCUT2D eigenvalue weighted by Gasteiger charge is 2.21. The molecule has 1 aromatic heterocycles. The molecule has 0 amide bonds. The first-order chi connectivity index (χ1) is 9.22. The third-order valence-electron chi connectivity index (χ3n) is 2.74. The average molecular weight is 294 g/mol. The molecule has 1 aliphatic rings. The van der Waals surface area contributed by atoms with Gasteiger partial charge in [0.05, 0.1) is 9.90 Å². The summed E-state index contributed by atoms with van der Waals surface area (Å²) in [5.74, 6) is 2.47. The Balaban J connectivity index is 1.62. The topological polar surface area (TPSA) is 57.4 Å². The van der Waals surface area contributed by atoms with Crippen molar-refractivity contribution in [2.75, 3.05) is 18.1 Å². The lowest BCUT2D eigenvalue weighted by molar-refractivity contribution is 0.107. The lowest BCUT2D eigenvalue weighted by atomic mass is 10.3. The van der Waals surface area contributed by atoms with Gasteiger partial charge in [-0.25, -0.2) is 4.98 Å². The number of anilines is 1. The molecule has 0 fully saturated rings. The van der Waals surface area contributed by atoms with Gasteiger partial charge in [0.15, 0.2) is 16.6 Å². The summed E-state index contributed by atoms with van der Waals surface area (Å²) in [6.07, 6.45) is 0.0580. The second-order valence-electron chi connectivity index (χ2n) is 4.23. The van der Waals surface area contributed by atoms with Crippen LogP contribution in [0.1, 0.15) is 5.69 Å². The van der Waals surface area contributed by atoms with E-state index in [4.69, 9.17) is 15.2 Å². The van der Waals surface area contributed by atoms with Gasteiger partial charge < -0.3 is 15.2 Å². The number of thioether (sulfide) groups is 1. The Hall–Kier alpha value is -1.40. The van der Waals surface area contributed by atoms with Crippen LogP contribution < -0.4 is 15.2 Å². The van der Waals surface area contributed by atoms with Crippen molar-refractivity contribution in [1.29, 1.82) is 0 Å². The Morgan fingerprint density at radius 3 is 2.95 bits per heavy atom. The number of thiazole rings is 1. The van der Waals surface area contributed by atoms with Gasteiger partial charge in [0.25, 0.3) is 0 Å². The van der Waals surface area contributed by atoms with E-state index in [2.05, 4.69) is 4.98 Å². The van der Waals surface area contributed by atoms with Gasteiger partial charge in [-0.3, -0.25) is 0 Å². The summed E-state index contributed by atoms with van der Waals surface area (Å²) >= 11 is 3.24. The van der Waals surface area contributed by atoms with E-state index in [-0.39, 0.29) is 6.10 Å². The third-order valence-corrected chi connectivity index (χ3v) is 5.22. The number of hydrogen-bond donors (Lipinski definition) is 1. The van der Waals surface area contributed by atoms with E-state index in [1.807, 2.05) is 31.2 Å². The number of benzene rings is 1. The molecule has 1 atom stereocenters. The normalized spacial score (nSPS) is 17.4. The van der Waals surface area contributed by atoms with Gasteiger partial charge >= 0.3 is 0 Å². The molecule has 2 aromatic rings. The van der Waals surface area contributed by atoms with Crippen LogP contribution in [0.15, 0.2) is 28.5 Å². The van der Waals surface area contributed by atoms with E-state index >= 15 is 0 Å². The van der Waals surface area contributed by atoms with E-state index in [1.54, 1.807) is 11.8 Å². The summed E-state index contributed by atoms with van der Waals surface area (Å²) in [7, 11) is 0. The molecule has 0 spiro atoms. The molecule has 0 saturated heterocycles. The number of hydrogen-bond acceptors (Lipinski definition) is 6. The summed E-state index contributed by atoms with van der Waals surface area (Å²) in [6.45, 7) is 2.56. The Morgan fingerprint density at radius 1 is 1.42 bits per heavy atom. The van der Waals surface area contributed by atoms with Gasteiger partial charge in [0, 0.05) is 5.75 Å². The third kappa shape index (κ3) is 2.79. The van der Waals surface area contributed by atoms with Crippen molar-refractivity contribution in [2.24, 2.45) is 0 Å². The molecule has 0 saturated carbocycles. The maximum atomic E-state index is 5.91. The molecule has 0 bridgehead atoms. The van der Waals surface area contributed by atoms with Crippen molar-refractivity contribution < 1.29 is 9.47 Å². The number of aromatic nitrogens is 1. The van der Waals surface area contributed by atoms with E-state index in [1.165, 1.54) is 11.3 Å². The molecule has 1 aromatic carbocycles. The van der Waals surface area contributed by atoms with Gasteiger partial charge in [-0.05, 0) is 19.1 Å². The van der Waals surface area contributed by atoms with Crippen LogP contribution in [0.25, 0.3) is 0 Å². The molecule has 100 valence electrons. The van der Waals surface area contributed by atoms with Crippen LogP contribution in [0, 0.1) is 6.92 Å². The van der Waals surface area contributed by atoms with Crippen molar-refractivity contribution >= 4 is 28.2 Å². The van der Waals surface area contributed by atoms with Gasteiger partial charge in [0.2, 0.25) is 0 Å². The Kier molecular flexibility index (Phi) is 3.52. The van der Waals surface area contributed by atoms with Gasteiger partial charge in [-0.1, -0.05) is 23.5 Å². The van der Waals surface area contributed by atoms with Crippen molar-refractivity contribution in [1.82, 2.24) is 4.98 Å². The smallest absolute Gasteiger partial charge is 0.181 e. The quantitative estimate of drug-likeness (QED) is 0.882. The SMILES string of the molecule is Cc1nc(N)sc1SCC1COc2ccccc2O1. The molecule has 2 heterocycles. The fourth-order valence-electron chi connectivity index (χ4n) is 1.85. The summed E-state index contributed by atoms with van der Waals surface area (Å²) in [6, 6.07) is 7.75. The van der Waals surface area contributed by atoms with Gasteiger partial charge in [-0.15, -0.1) is 11.8 Å². The molecule has 1 aliphatic heterocycles.